The maximum Gasteiger partial charge on any atom is 0.232 e. The number of carbonyl (C=O) groups is 1. The van der Waals surface area contributed by atoms with Crippen LogP contribution in [0.3, 0.4) is 0 Å². The minimum atomic E-state index is -0.546. The Hall–Kier alpha value is -1.42. The molecule has 0 atom stereocenters. The molecule has 1 heterocycles. The van der Waals surface area contributed by atoms with Gasteiger partial charge in [-0.05, 0) is 25.0 Å². The molecule has 2 N–H and O–H groups in total. The monoisotopic (exact) mass is 206 g/mol. The fourth-order valence-corrected chi connectivity index (χ4v) is 1.76. The van der Waals surface area contributed by atoms with E-state index in [1.54, 1.807) is 24.5 Å². The van der Waals surface area contributed by atoms with Crippen molar-refractivity contribution in [3.63, 3.8) is 0 Å². The molecule has 1 saturated carbocycles. The lowest BCUT2D eigenvalue weighted by Gasteiger charge is -2.38. The van der Waals surface area contributed by atoms with Crippen molar-refractivity contribution in [3.05, 3.63) is 24.5 Å². The van der Waals surface area contributed by atoms with Crippen molar-refractivity contribution in [3.8, 4) is 0 Å². The number of pyridine rings is 1. The normalized spacial score (nSPS) is 17.9. The van der Waals surface area contributed by atoms with Crippen molar-refractivity contribution in [1.82, 2.24) is 4.98 Å². The number of aromatic nitrogens is 1. The molecule has 0 saturated heterocycles. The van der Waals surface area contributed by atoms with E-state index in [2.05, 4.69) is 10.3 Å². The average Bonchev–Trinajstić information content (AvgIpc) is 2.18. The predicted octanol–water partition coefficient (Wildman–Crippen LogP) is 1.18. The van der Waals surface area contributed by atoms with E-state index in [4.69, 9.17) is 0 Å². The van der Waals surface area contributed by atoms with E-state index >= 15 is 0 Å². The molecule has 1 fully saturated rings. The molecule has 0 unspecified atom stereocenters. The van der Waals surface area contributed by atoms with Gasteiger partial charge in [-0.2, -0.15) is 0 Å². The topological polar surface area (TPSA) is 62.2 Å². The van der Waals surface area contributed by atoms with Crippen molar-refractivity contribution in [2.45, 2.75) is 19.3 Å². The second-order valence-electron chi connectivity index (χ2n) is 3.99. The second-order valence-corrected chi connectivity index (χ2v) is 3.99. The highest BCUT2D eigenvalue weighted by Crippen LogP contribution is 2.41. The zero-order valence-electron chi connectivity index (χ0n) is 8.44. The summed E-state index contributed by atoms with van der Waals surface area (Å²) in [5.74, 6) is -0.0933. The first-order valence-electron chi connectivity index (χ1n) is 5.09. The molecule has 1 aromatic rings. The molecule has 1 amide bonds. The number of hydrogen-bond acceptors (Lipinski definition) is 3. The van der Waals surface area contributed by atoms with Crippen LogP contribution in [0.15, 0.2) is 24.5 Å². The first kappa shape index (κ1) is 10.1. The molecule has 0 spiro atoms. The summed E-state index contributed by atoms with van der Waals surface area (Å²) in [6.45, 7) is -0.0703. The van der Waals surface area contributed by atoms with E-state index in [1.807, 2.05) is 0 Å². The minimum absolute atomic E-state index is 0.0703. The van der Waals surface area contributed by atoms with Crippen LogP contribution in [0.4, 0.5) is 5.69 Å². The van der Waals surface area contributed by atoms with E-state index in [0.717, 1.165) is 19.3 Å². The number of nitrogens with one attached hydrogen (secondary N) is 1. The fourth-order valence-electron chi connectivity index (χ4n) is 1.76. The standard InChI is InChI=1S/C11H14N2O2/c14-8-11(4-2-5-11)10(15)13-9-3-1-6-12-7-9/h1,3,6-7,14H,2,4-5,8H2,(H,13,15). The molecule has 4 heteroatoms. The zero-order chi connectivity index (χ0) is 10.7. The van der Waals surface area contributed by atoms with E-state index in [0.29, 0.717) is 5.69 Å². The van der Waals surface area contributed by atoms with Crippen LogP contribution in [0.2, 0.25) is 0 Å². The van der Waals surface area contributed by atoms with Crippen LogP contribution in [0, 0.1) is 5.41 Å². The zero-order valence-corrected chi connectivity index (χ0v) is 8.44. The molecule has 1 aromatic heterocycles. The smallest absolute Gasteiger partial charge is 0.232 e. The largest absolute Gasteiger partial charge is 0.395 e. The maximum absolute atomic E-state index is 11.8. The molecule has 0 aromatic carbocycles. The van der Waals surface area contributed by atoms with E-state index in [9.17, 15) is 9.90 Å². The average molecular weight is 206 g/mol. The summed E-state index contributed by atoms with van der Waals surface area (Å²) in [4.78, 5) is 15.8. The Labute approximate surface area is 88.3 Å². The Bertz CT molecular complexity index is 341. The molecule has 0 radical (unpaired) electrons. The molecular formula is C11H14N2O2. The van der Waals surface area contributed by atoms with Gasteiger partial charge in [-0.25, -0.2) is 0 Å². The molecule has 4 nitrogen and oxygen atoms in total. The summed E-state index contributed by atoms with van der Waals surface area (Å²) in [5, 5.41) is 12.0. The third-order valence-corrected chi connectivity index (χ3v) is 3.01. The Kier molecular flexibility index (Phi) is 2.68. The van der Waals surface area contributed by atoms with Gasteiger partial charge in [0, 0.05) is 6.20 Å². The van der Waals surface area contributed by atoms with Crippen LogP contribution in [0.1, 0.15) is 19.3 Å². The molecule has 1 aliphatic carbocycles. The van der Waals surface area contributed by atoms with Crippen LogP contribution in [0.25, 0.3) is 0 Å². The van der Waals surface area contributed by atoms with E-state index in [1.165, 1.54) is 0 Å². The molecular weight excluding hydrogens is 192 g/mol. The third kappa shape index (κ3) is 1.85. The van der Waals surface area contributed by atoms with Crippen molar-refractivity contribution in [1.29, 1.82) is 0 Å². The second kappa shape index (κ2) is 3.98. The number of rotatable bonds is 3. The van der Waals surface area contributed by atoms with Gasteiger partial charge >= 0.3 is 0 Å². The van der Waals surface area contributed by atoms with Crippen LogP contribution in [-0.4, -0.2) is 22.6 Å². The number of nitrogens with zero attached hydrogens (tertiary/aromatic N) is 1. The van der Waals surface area contributed by atoms with E-state index < -0.39 is 5.41 Å². The fraction of sp³-hybridized carbons (Fsp3) is 0.455. The number of aliphatic hydroxyl groups is 1. The summed E-state index contributed by atoms with van der Waals surface area (Å²) in [6.07, 6.45) is 5.81. The van der Waals surface area contributed by atoms with Crippen molar-refractivity contribution in [2.24, 2.45) is 5.41 Å². The van der Waals surface area contributed by atoms with Gasteiger partial charge in [-0.3, -0.25) is 9.78 Å². The van der Waals surface area contributed by atoms with Crippen LogP contribution in [0.5, 0.6) is 0 Å². The highest BCUT2D eigenvalue weighted by atomic mass is 16.3. The molecule has 0 aliphatic heterocycles. The summed E-state index contributed by atoms with van der Waals surface area (Å²) >= 11 is 0. The van der Waals surface area contributed by atoms with Gasteiger partial charge in [-0.15, -0.1) is 0 Å². The molecule has 1 aliphatic rings. The molecule has 2 rings (SSSR count). The summed E-state index contributed by atoms with van der Waals surface area (Å²) < 4.78 is 0. The Morgan fingerprint density at radius 2 is 2.40 bits per heavy atom. The molecule has 80 valence electrons. The van der Waals surface area contributed by atoms with Crippen molar-refractivity contribution >= 4 is 11.6 Å². The number of amides is 1. The van der Waals surface area contributed by atoms with Gasteiger partial charge in [0.1, 0.15) is 0 Å². The number of carbonyl (C=O) groups excluding carboxylic acids is 1. The lowest BCUT2D eigenvalue weighted by atomic mass is 9.68. The van der Waals surface area contributed by atoms with Gasteiger partial charge in [0.05, 0.1) is 23.9 Å². The highest BCUT2D eigenvalue weighted by Gasteiger charge is 2.43. The number of aliphatic hydroxyl groups excluding tert-OH is 1. The lowest BCUT2D eigenvalue weighted by Crippen LogP contribution is -2.44. The third-order valence-electron chi connectivity index (χ3n) is 3.01. The van der Waals surface area contributed by atoms with Crippen LogP contribution < -0.4 is 5.32 Å². The first-order chi connectivity index (χ1) is 7.27. The quantitative estimate of drug-likeness (QED) is 0.780. The van der Waals surface area contributed by atoms with Gasteiger partial charge in [0.15, 0.2) is 0 Å². The van der Waals surface area contributed by atoms with Gasteiger partial charge in [0.2, 0.25) is 5.91 Å². The van der Waals surface area contributed by atoms with Gasteiger partial charge in [0.25, 0.3) is 0 Å². The summed E-state index contributed by atoms with van der Waals surface area (Å²) in [7, 11) is 0. The van der Waals surface area contributed by atoms with Crippen molar-refractivity contribution in [2.75, 3.05) is 11.9 Å². The molecule has 0 bridgehead atoms. The summed E-state index contributed by atoms with van der Waals surface area (Å²) in [5.41, 5.74) is 0.137. The van der Waals surface area contributed by atoms with Crippen molar-refractivity contribution < 1.29 is 9.90 Å². The summed E-state index contributed by atoms with van der Waals surface area (Å²) in [6, 6.07) is 3.55. The number of hydrogen-bond donors (Lipinski definition) is 2. The first-order valence-corrected chi connectivity index (χ1v) is 5.09. The Balaban J connectivity index is 2.04. The van der Waals surface area contributed by atoms with Crippen LogP contribution in [-0.2, 0) is 4.79 Å². The Morgan fingerprint density at radius 3 is 2.87 bits per heavy atom. The highest BCUT2D eigenvalue weighted by molar-refractivity contribution is 5.95. The Morgan fingerprint density at radius 1 is 1.60 bits per heavy atom. The van der Waals surface area contributed by atoms with Gasteiger partial charge < -0.3 is 10.4 Å². The van der Waals surface area contributed by atoms with E-state index in [-0.39, 0.29) is 12.5 Å². The maximum atomic E-state index is 11.8. The van der Waals surface area contributed by atoms with Gasteiger partial charge in [-0.1, -0.05) is 6.42 Å². The number of anilines is 1. The lowest BCUT2D eigenvalue weighted by molar-refractivity contribution is -0.133. The SMILES string of the molecule is O=C(Nc1cccnc1)C1(CO)CCC1. The minimum Gasteiger partial charge on any atom is -0.395 e. The predicted molar refractivity (Wildman–Crippen MR) is 56.2 cm³/mol. The molecule has 15 heavy (non-hydrogen) atoms. The van der Waals surface area contributed by atoms with Crippen LogP contribution >= 0.6 is 0 Å².